The van der Waals surface area contributed by atoms with E-state index in [0.717, 1.165) is 5.56 Å². The lowest BCUT2D eigenvalue weighted by Gasteiger charge is -2.06. The van der Waals surface area contributed by atoms with E-state index in [1.165, 1.54) is 12.3 Å². The van der Waals surface area contributed by atoms with Crippen LogP contribution in [0.25, 0.3) is 0 Å². The topological polar surface area (TPSA) is 37.0 Å². The maximum Gasteiger partial charge on any atom is 0.141 e. The summed E-state index contributed by atoms with van der Waals surface area (Å²) in [5, 5.41) is 5.83. The summed E-state index contributed by atoms with van der Waals surface area (Å²) in [6.07, 6.45) is 1.20. The van der Waals surface area contributed by atoms with Crippen molar-refractivity contribution in [1.29, 1.82) is 0 Å². The zero-order chi connectivity index (χ0) is 8.97. The molecule has 1 aromatic heterocycles. The molecule has 0 atom stereocenters. The molecule has 66 valence electrons. The summed E-state index contributed by atoms with van der Waals surface area (Å²) in [5.74, 6) is 0.407. The van der Waals surface area contributed by atoms with Gasteiger partial charge in [0, 0.05) is 19.2 Å². The fourth-order valence-corrected chi connectivity index (χ4v) is 1.03. The Morgan fingerprint density at radius 3 is 2.83 bits per heavy atom. The molecule has 1 aromatic rings. The normalized spacial score (nSPS) is 9.92. The average molecular weight is 169 g/mol. The van der Waals surface area contributed by atoms with E-state index >= 15 is 0 Å². The smallest absolute Gasteiger partial charge is 0.141 e. The SMILES string of the molecule is CNCc1cc(F)cnc1NC. The first kappa shape index (κ1) is 8.93. The van der Waals surface area contributed by atoms with Crippen LogP contribution in [0.1, 0.15) is 5.56 Å². The van der Waals surface area contributed by atoms with Gasteiger partial charge >= 0.3 is 0 Å². The van der Waals surface area contributed by atoms with E-state index in [9.17, 15) is 4.39 Å². The Bertz CT molecular complexity index is 262. The van der Waals surface area contributed by atoms with E-state index in [1.54, 1.807) is 7.05 Å². The summed E-state index contributed by atoms with van der Waals surface area (Å²) >= 11 is 0. The minimum atomic E-state index is -0.306. The molecule has 0 bridgehead atoms. The minimum Gasteiger partial charge on any atom is -0.373 e. The largest absolute Gasteiger partial charge is 0.373 e. The Labute approximate surface area is 71.0 Å². The van der Waals surface area contributed by atoms with Crippen LogP contribution < -0.4 is 10.6 Å². The summed E-state index contributed by atoms with van der Waals surface area (Å²) < 4.78 is 12.7. The molecule has 0 aliphatic rings. The van der Waals surface area contributed by atoms with Crippen molar-refractivity contribution < 1.29 is 4.39 Å². The van der Waals surface area contributed by atoms with Crippen molar-refractivity contribution in [3.8, 4) is 0 Å². The van der Waals surface area contributed by atoms with Crippen molar-refractivity contribution in [3.63, 3.8) is 0 Å². The van der Waals surface area contributed by atoms with Gasteiger partial charge in [0.05, 0.1) is 6.20 Å². The fraction of sp³-hybridized carbons (Fsp3) is 0.375. The van der Waals surface area contributed by atoms with E-state index in [2.05, 4.69) is 15.6 Å². The Balaban J connectivity index is 2.95. The Kier molecular flexibility index (Phi) is 2.99. The molecule has 0 saturated carbocycles. The van der Waals surface area contributed by atoms with Crippen molar-refractivity contribution in [2.75, 3.05) is 19.4 Å². The van der Waals surface area contributed by atoms with Crippen LogP contribution in [0, 0.1) is 5.82 Å². The number of rotatable bonds is 3. The molecule has 0 unspecified atom stereocenters. The standard InChI is InChI=1S/C8H12FN3/c1-10-4-6-3-7(9)5-12-8(6)11-2/h3,5,10H,4H2,1-2H3,(H,11,12). The highest BCUT2D eigenvalue weighted by Crippen LogP contribution is 2.11. The lowest BCUT2D eigenvalue weighted by atomic mass is 10.2. The van der Waals surface area contributed by atoms with E-state index in [0.29, 0.717) is 12.4 Å². The third-order valence-corrected chi connectivity index (χ3v) is 1.54. The molecular formula is C8H12FN3. The van der Waals surface area contributed by atoms with E-state index in [4.69, 9.17) is 0 Å². The van der Waals surface area contributed by atoms with Gasteiger partial charge in [-0.1, -0.05) is 0 Å². The Morgan fingerprint density at radius 1 is 1.50 bits per heavy atom. The van der Waals surface area contributed by atoms with Crippen LogP contribution in [0.4, 0.5) is 10.2 Å². The summed E-state index contributed by atoms with van der Waals surface area (Å²) in [5.41, 5.74) is 0.833. The lowest BCUT2D eigenvalue weighted by molar-refractivity contribution is 0.617. The number of nitrogens with one attached hydrogen (secondary N) is 2. The van der Waals surface area contributed by atoms with Crippen LogP contribution in [0.3, 0.4) is 0 Å². The van der Waals surface area contributed by atoms with Gasteiger partial charge in [-0.05, 0) is 13.1 Å². The number of aromatic nitrogens is 1. The first-order chi connectivity index (χ1) is 5.77. The van der Waals surface area contributed by atoms with Gasteiger partial charge in [0.1, 0.15) is 11.6 Å². The fourth-order valence-electron chi connectivity index (χ4n) is 1.03. The molecule has 0 aliphatic heterocycles. The van der Waals surface area contributed by atoms with Crippen molar-refractivity contribution in [2.45, 2.75) is 6.54 Å². The molecule has 12 heavy (non-hydrogen) atoms. The van der Waals surface area contributed by atoms with Gasteiger partial charge in [-0.25, -0.2) is 9.37 Å². The van der Waals surface area contributed by atoms with E-state index < -0.39 is 0 Å². The highest BCUT2D eigenvalue weighted by molar-refractivity contribution is 5.43. The van der Waals surface area contributed by atoms with Crippen LogP contribution in [0.5, 0.6) is 0 Å². The number of anilines is 1. The zero-order valence-corrected chi connectivity index (χ0v) is 7.19. The molecule has 0 amide bonds. The van der Waals surface area contributed by atoms with Crippen molar-refractivity contribution >= 4 is 5.82 Å². The van der Waals surface area contributed by atoms with Gasteiger partial charge in [0.2, 0.25) is 0 Å². The quantitative estimate of drug-likeness (QED) is 0.708. The van der Waals surface area contributed by atoms with Gasteiger partial charge < -0.3 is 10.6 Å². The van der Waals surface area contributed by atoms with Crippen molar-refractivity contribution in [2.24, 2.45) is 0 Å². The zero-order valence-electron chi connectivity index (χ0n) is 7.19. The highest BCUT2D eigenvalue weighted by atomic mass is 19.1. The van der Waals surface area contributed by atoms with Crippen molar-refractivity contribution in [3.05, 3.63) is 23.6 Å². The van der Waals surface area contributed by atoms with Crippen LogP contribution in [-0.4, -0.2) is 19.1 Å². The molecule has 2 N–H and O–H groups in total. The number of hydrogen-bond donors (Lipinski definition) is 2. The predicted molar refractivity (Wildman–Crippen MR) is 46.5 cm³/mol. The van der Waals surface area contributed by atoms with Crippen molar-refractivity contribution in [1.82, 2.24) is 10.3 Å². The van der Waals surface area contributed by atoms with Crippen LogP contribution in [-0.2, 0) is 6.54 Å². The van der Waals surface area contributed by atoms with Gasteiger partial charge in [0.25, 0.3) is 0 Å². The van der Waals surface area contributed by atoms with Crippen LogP contribution in [0.15, 0.2) is 12.3 Å². The average Bonchev–Trinajstić information content (AvgIpc) is 2.05. The number of pyridine rings is 1. The van der Waals surface area contributed by atoms with E-state index in [-0.39, 0.29) is 5.82 Å². The molecule has 0 aliphatic carbocycles. The third kappa shape index (κ3) is 1.92. The third-order valence-electron chi connectivity index (χ3n) is 1.54. The molecule has 0 radical (unpaired) electrons. The van der Waals surface area contributed by atoms with Gasteiger partial charge in [-0.15, -0.1) is 0 Å². The first-order valence-electron chi connectivity index (χ1n) is 3.74. The highest BCUT2D eigenvalue weighted by Gasteiger charge is 2.02. The Morgan fingerprint density at radius 2 is 2.25 bits per heavy atom. The summed E-state index contributed by atoms with van der Waals surface area (Å²) in [7, 11) is 3.57. The maximum absolute atomic E-state index is 12.7. The number of hydrogen-bond acceptors (Lipinski definition) is 3. The van der Waals surface area contributed by atoms with Crippen LogP contribution in [0.2, 0.25) is 0 Å². The Hall–Kier alpha value is -1.16. The summed E-state index contributed by atoms with van der Waals surface area (Å²) in [4.78, 5) is 3.89. The summed E-state index contributed by atoms with van der Waals surface area (Å²) in [6, 6.07) is 1.47. The first-order valence-corrected chi connectivity index (χ1v) is 3.74. The second kappa shape index (κ2) is 4.01. The molecule has 4 heteroatoms. The predicted octanol–water partition coefficient (Wildman–Crippen LogP) is 0.982. The summed E-state index contributed by atoms with van der Waals surface area (Å²) in [6.45, 7) is 0.612. The number of nitrogens with zero attached hydrogens (tertiary/aromatic N) is 1. The molecule has 1 heterocycles. The minimum absolute atomic E-state index is 0.306. The molecule has 0 aromatic carbocycles. The molecule has 0 spiro atoms. The van der Waals surface area contributed by atoms with Gasteiger partial charge in [-0.3, -0.25) is 0 Å². The molecular weight excluding hydrogens is 157 g/mol. The lowest BCUT2D eigenvalue weighted by Crippen LogP contribution is -2.09. The van der Waals surface area contributed by atoms with Crippen LogP contribution >= 0.6 is 0 Å². The van der Waals surface area contributed by atoms with Gasteiger partial charge in [-0.2, -0.15) is 0 Å². The van der Waals surface area contributed by atoms with E-state index in [1.807, 2.05) is 7.05 Å². The second-order valence-electron chi connectivity index (χ2n) is 2.44. The molecule has 1 rings (SSSR count). The maximum atomic E-state index is 12.7. The monoisotopic (exact) mass is 169 g/mol. The molecule has 3 nitrogen and oxygen atoms in total. The van der Waals surface area contributed by atoms with Gasteiger partial charge in [0.15, 0.2) is 0 Å². The molecule has 0 fully saturated rings. The second-order valence-corrected chi connectivity index (χ2v) is 2.44. The molecule has 0 saturated heterocycles. The number of halogens is 1.